The second-order valence-corrected chi connectivity index (χ2v) is 7.78. The fraction of sp³-hybridized carbons (Fsp3) is 0.176. The molecule has 1 heterocycles. The highest BCUT2D eigenvalue weighted by Gasteiger charge is 2.39. The van der Waals surface area contributed by atoms with E-state index < -0.39 is 26.3 Å². The number of hydrogen-bond acceptors (Lipinski definition) is 7. The minimum absolute atomic E-state index is 0.160. The summed E-state index contributed by atoms with van der Waals surface area (Å²) in [5.41, 5.74) is 1.56. The molecular weight excluding hydrogens is 342 g/mol. The van der Waals surface area contributed by atoms with Crippen molar-refractivity contribution in [3.8, 4) is 0 Å². The average molecular weight is 357 g/mol. The van der Waals surface area contributed by atoms with Gasteiger partial charge in [0.25, 0.3) is 0 Å². The molecule has 128 valence electrons. The van der Waals surface area contributed by atoms with Crippen molar-refractivity contribution in [2.45, 2.75) is 13.8 Å². The maximum atomic E-state index is 12.8. The van der Waals surface area contributed by atoms with Crippen LogP contribution in [0.1, 0.15) is 32.1 Å². The molecular formula is C17H15N3O4S. The van der Waals surface area contributed by atoms with E-state index >= 15 is 0 Å². The summed E-state index contributed by atoms with van der Waals surface area (Å²) in [6, 6.07) is 5.49. The number of rotatable bonds is 3. The number of carbonyl (C=O) groups is 2. The summed E-state index contributed by atoms with van der Waals surface area (Å²) >= 11 is 0. The summed E-state index contributed by atoms with van der Waals surface area (Å²) in [7, 11) is -3.96. The Morgan fingerprint density at radius 3 is 2.16 bits per heavy atom. The Balaban J connectivity index is 2.24. The number of carbonyl (C=O) groups excluding carboxylic acids is 2. The monoisotopic (exact) mass is 357 g/mol. The lowest BCUT2D eigenvalue weighted by Gasteiger charge is -2.20. The lowest BCUT2D eigenvalue weighted by molar-refractivity contribution is 0.0974. The fourth-order valence-corrected chi connectivity index (χ4v) is 3.53. The normalized spacial score (nSPS) is 14.5. The van der Waals surface area contributed by atoms with Gasteiger partial charge in [0, 0.05) is 24.3 Å². The van der Waals surface area contributed by atoms with Crippen LogP contribution >= 0.6 is 0 Å². The summed E-state index contributed by atoms with van der Waals surface area (Å²) in [5.74, 6) is -1.51. The van der Waals surface area contributed by atoms with Crippen LogP contribution in [0.25, 0.3) is 0 Å². The van der Waals surface area contributed by atoms with Crippen LogP contribution < -0.4 is 5.32 Å². The number of Topliss-reactive ketones (excluding diaryl/α,β-unsaturated/α-hetero) is 2. The number of aryl methyl sites for hydroxylation is 2. The Bertz CT molecular complexity index is 1060. The predicted molar refractivity (Wildman–Crippen MR) is 92.1 cm³/mol. The quantitative estimate of drug-likeness (QED) is 0.893. The van der Waals surface area contributed by atoms with Crippen LogP contribution in [0.4, 0.5) is 5.69 Å². The third kappa shape index (κ3) is 2.96. The molecule has 0 radical (unpaired) electrons. The molecule has 0 spiro atoms. The Kier molecular flexibility index (Phi) is 4.00. The summed E-state index contributed by atoms with van der Waals surface area (Å²) < 4.78 is 24.4. The van der Waals surface area contributed by atoms with Crippen molar-refractivity contribution in [1.82, 2.24) is 9.97 Å². The van der Waals surface area contributed by atoms with Crippen LogP contribution in [-0.2, 0) is 9.84 Å². The average Bonchev–Trinajstić information content (AvgIpc) is 2.54. The van der Waals surface area contributed by atoms with Crippen LogP contribution in [0.5, 0.6) is 0 Å². The van der Waals surface area contributed by atoms with Crippen LogP contribution in [0.3, 0.4) is 0 Å². The van der Waals surface area contributed by atoms with Gasteiger partial charge in [-0.1, -0.05) is 12.1 Å². The first-order valence-corrected chi connectivity index (χ1v) is 9.28. The zero-order chi connectivity index (χ0) is 18.4. The fourth-order valence-electron chi connectivity index (χ4n) is 2.59. The number of hydrogen-bond donors (Lipinski definition) is 1. The molecule has 1 N–H and O–H groups in total. The number of ketones is 2. The molecule has 1 aromatic heterocycles. The maximum Gasteiger partial charge on any atom is 0.231 e. The standard InChI is InChI=1S/C17H15N3O4S/c1-9-4-5-10(2)11(8-9)20-14-15(21)12-13(19-7-6-18-12)16(22)17(14)25(3,23)24/h4-8,20H,1-3H3. The van der Waals surface area contributed by atoms with Gasteiger partial charge in [-0.3, -0.25) is 9.59 Å². The number of sulfone groups is 1. The summed E-state index contributed by atoms with van der Waals surface area (Å²) in [6.07, 6.45) is 3.41. The minimum atomic E-state index is -3.96. The first-order valence-electron chi connectivity index (χ1n) is 7.39. The Morgan fingerprint density at radius 1 is 0.960 bits per heavy atom. The molecule has 3 rings (SSSR count). The lowest BCUT2D eigenvalue weighted by atomic mass is 10.0. The van der Waals surface area contributed by atoms with Gasteiger partial charge in [0.1, 0.15) is 22.0 Å². The van der Waals surface area contributed by atoms with Gasteiger partial charge in [0.05, 0.1) is 0 Å². The molecule has 0 bridgehead atoms. The molecule has 25 heavy (non-hydrogen) atoms. The third-order valence-electron chi connectivity index (χ3n) is 3.81. The number of benzene rings is 1. The molecule has 1 aliphatic rings. The molecule has 7 nitrogen and oxygen atoms in total. The highest BCUT2D eigenvalue weighted by Crippen LogP contribution is 2.29. The lowest BCUT2D eigenvalue weighted by Crippen LogP contribution is -2.31. The largest absolute Gasteiger partial charge is 0.351 e. The first kappa shape index (κ1) is 17.0. The van der Waals surface area contributed by atoms with E-state index in [0.29, 0.717) is 5.69 Å². The van der Waals surface area contributed by atoms with E-state index in [1.165, 1.54) is 12.4 Å². The zero-order valence-corrected chi connectivity index (χ0v) is 14.6. The SMILES string of the molecule is Cc1ccc(C)c(NC2=C(S(C)(=O)=O)C(=O)c3nccnc3C2=O)c1. The van der Waals surface area contributed by atoms with Crippen molar-refractivity contribution in [2.24, 2.45) is 0 Å². The smallest absolute Gasteiger partial charge is 0.231 e. The zero-order valence-electron chi connectivity index (χ0n) is 13.8. The first-order chi connectivity index (χ1) is 11.7. The van der Waals surface area contributed by atoms with Gasteiger partial charge in [-0.05, 0) is 31.0 Å². The van der Waals surface area contributed by atoms with E-state index in [4.69, 9.17) is 0 Å². The van der Waals surface area contributed by atoms with E-state index in [9.17, 15) is 18.0 Å². The van der Waals surface area contributed by atoms with E-state index in [0.717, 1.165) is 17.4 Å². The molecule has 0 unspecified atom stereocenters. The van der Waals surface area contributed by atoms with Gasteiger partial charge < -0.3 is 5.32 Å². The molecule has 8 heteroatoms. The number of aromatic nitrogens is 2. The van der Waals surface area contributed by atoms with Crippen molar-refractivity contribution in [1.29, 1.82) is 0 Å². The molecule has 0 amide bonds. The van der Waals surface area contributed by atoms with Gasteiger partial charge in [0.2, 0.25) is 11.6 Å². The highest BCUT2D eigenvalue weighted by molar-refractivity contribution is 7.95. The van der Waals surface area contributed by atoms with Crippen molar-refractivity contribution < 1.29 is 18.0 Å². The van der Waals surface area contributed by atoms with Gasteiger partial charge in [-0.25, -0.2) is 18.4 Å². The van der Waals surface area contributed by atoms with Crippen molar-refractivity contribution in [3.63, 3.8) is 0 Å². The minimum Gasteiger partial charge on any atom is -0.351 e. The number of nitrogens with zero attached hydrogens (tertiary/aromatic N) is 2. The number of allylic oxidation sites excluding steroid dienone is 2. The molecule has 2 aromatic rings. The molecule has 1 aliphatic carbocycles. The summed E-state index contributed by atoms with van der Waals surface area (Å²) in [4.78, 5) is 32.5. The number of nitrogens with one attached hydrogen (secondary N) is 1. The summed E-state index contributed by atoms with van der Waals surface area (Å²) in [6.45, 7) is 3.68. The van der Waals surface area contributed by atoms with Crippen LogP contribution in [0.15, 0.2) is 41.2 Å². The Morgan fingerprint density at radius 2 is 1.56 bits per heavy atom. The molecule has 0 aliphatic heterocycles. The van der Waals surface area contributed by atoms with Crippen molar-refractivity contribution >= 4 is 27.1 Å². The second-order valence-electron chi connectivity index (χ2n) is 5.83. The van der Waals surface area contributed by atoms with Gasteiger partial charge in [-0.2, -0.15) is 0 Å². The van der Waals surface area contributed by atoms with Crippen LogP contribution in [-0.4, -0.2) is 36.2 Å². The van der Waals surface area contributed by atoms with E-state index in [2.05, 4.69) is 15.3 Å². The van der Waals surface area contributed by atoms with Crippen LogP contribution in [0.2, 0.25) is 0 Å². The van der Waals surface area contributed by atoms with Gasteiger partial charge in [0.15, 0.2) is 9.84 Å². The maximum absolute atomic E-state index is 12.8. The number of fused-ring (bicyclic) bond motifs is 1. The molecule has 1 aromatic carbocycles. The number of anilines is 1. The van der Waals surface area contributed by atoms with E-state index in [-0.39, 0.29) is 17.1 Å². The molecule has 0 atom stereocenters. The van der Waals surface area contributed by atoms with Gasteiger partial charge >= 0.3 is 0 Å². The third-order valence-corrected chi connectivity index (χ3v) is 4.94. The Hall–Kier alpha value is -2.87. The van der Waals surface area contributed by atoms with Crippen molar-refractivity contribution in [2.75, 3.05) is 11.6 Å². The van der Waals surface area contributed by atoms with Gasteiger partial charge in [-0.15, -0.1) is 0 Å². The second kappa shape index (κ2) is 5.89. The molecule has 0 fully saturated rings. The Labute approximate surface area is 144 Å². The molecule has 0 saturated heterocycles. The predicted octanol–water partition coefficient (Wildman–Crippen LogP) is 1.84. The van der Waals surface area contributed by atoms with Crippen LogP contribution in [0, 0.1) is 13.8 Å². The molecule has 0 saturated carbocycles. The van der Waals surface area contributed by atoms with E-state index in [1.807, 2.05) is 26.0 Å². The van der Waals surface area contributed by atoms with E-state index in [1.54, 1.807) is 6.07 Å². The summed E-state index contributed by atoms with van der Waals surface area (Å²) in [5, 5.41) is 2.83. The van der Waals surface area contributed by atoms with Crippen molar-refractivity contribution in [3.05, 3.63) is 63.7 Å². The highest BCUT2D eigenvalue weighted by atomic mass is 32.2. The topological polar surface area (TPSA) is 106 Å².